The van der Waals surface area contributed by atoms with Crippen LogP contribution in [0.5, 0.6) is 5.75 Å². The number of rotatable bonds is 4. The average molecular weight is 538 g/mol. The molecule has 3 aromatic rings. The van der Waals surface area contributed by atoms with Gasteiger partial charge < -0.3 is 35.7 Å². The average Bonchev–Trinajstić information content (AvgIpc) is 3.27. The van der Waals surface area contributed by atoms with Gasteiger partial charge in [0.2, 0.25) is 5.95 Å². The van der Waals surface area contributed by atoms with Gasteiger partial charge in [-0.25, -0.2) is 19.2 Å². The first-order valence-electron chi connectivity index (χ1n) is 12.7. The van der Waals surface area contributed by atoms with Crippen LogP contribution >= 0.6 is 0 Å². The lowest BCUT2D eigenvalue weighted by atomic mass is 9.73. The maximum absolute atomic E-state index is 14.6. The van der Waals surface area contributed by atoms with Gasteiger partial charge in [0, 0.05) is 36.9 Å². The van der Waals surface area contributed by atoms with Crippen LogP contribution in [0.25, 0.3) is 11.4 Å². The maximum atomic E-state index is 14.6. The molecule has 39 heavy (non-hydrogen) atoms. The molecule has 0 saturated carbocycles. The number of amides is 2. The number of nitrogen functional groups attached to an aromatic ring is 1. The number of ether oxygens (including phenoxy) is 2. The number of hydrogen-bond donors (Lipinski definition) is 4. The molecule has 1 saturated heterocycles. The fraction of sp³-hybridized carbons (Fsp3) is 0.407. The van der Waals surface area contributed by atoms with Crippen LogP contribution in [0, 0.1) is 5.82 Å². The summed E-state index contributed by atoms with van der Waals surface area (Å²) in [5, 5.41) is 6.22. The molecule has 1 fully saturated rings. The molecule has 2 aliphatic rings. The molecule has 12 heteroatoms. The molecule has 1 atom stereocenters. The molecule has 0 radical (unpaired) electrons. The van der Waals surface area contributed by atoms with E-state index in [0.717, 1.165) is 0 Å². The van der Waals surface area contributed by atoms with Crippen molar-refractivity contribution < 1.29 is 23.5 Å². The number of fused-ring (bicyclic) bond motifs is 2. The Balaban J connectivity index is 1.65. The minimum absolute atomic E-state index is 0.000277. The summed E-state index contributed by atoms with van der Waals surface area (Å²) in [5.74, 6) is -0.809. The number of nitrogens with two attached hydrogens (primary N) is 1. The molecule has 206 valence electrons. The van der Waals surface area contributed by atoms with E-state index in [1.165, 1.54) is 19.4 Å². The molecule has 1 aromatic carbocycles. The largest absolute Gasteiger partial charge is 0.492 e. The van der Waals surface area contributed by atoms with Crippen LogP contribution in [0.1, 0.15) is 49.7 Å². The van der Waals surface area contributed by atoms with E-state index < -0.39 is 22.9 Å². The van der Waals surface area contributed by atoms with Crippen molar-refractivity contribution in [3.8, 4) is 17.1 Å². The van der Waals surface area contributed by atoms with Crippen molar-refractivity contribution in [2.24, 2.45) is 0 Å². The summed E-state index contributed by atoms with van der Waals surface area (Å²) in [5.41, 5.74) is 7.28. The Morgan fingerprint density at radius 1 is 1.28 bits per heavy atom. The monoisotopic (exact) mass is 537 g/mol. The number of nitrogens with zero attached hydrogens (tertiary/aromatic N) is 3. The lowest BCUT2D eigenvalue weighted by Gasteiger charge is -2.44. The number of likely N-dealkylation sites (tertiary alicyclic amines) is 1. The van der Waals surface area contributed by atoms with E-state index in [0.29, 0.717) is 66.5 Å². The van der Waals surface area contributed by atoms with Gasteiger partial charge in [0.25, 0.3) is 5.91 Å². The highest BCUT2D eigenvalue weighted by molar-refractivity contribution is 6.06. The number of benzene rings is 1. The molecule has 2 aliphatic heterocycles. The Labute approximate surface area is 225 Å². The van der Waals surface area contributed by atoms with Crippen molar-refractivity contribution in [3.63, 3.8) is 0 Å². The number of H-pyrrole nitrogens is 1. The van der Waals surface area contributed by atoms with Crippen molar-refractivity contribution in [2.75, 3.05) is 37.8 Å². The summed E-state index contributed by atoms with van der Waals surface area (Å²) in [6.45, 7) is 6.69. The minimum atomic E-state index is -0.638. The summed E-state index contributed by atoms with van der Waals surface area (Å²) < 4.78 is 25.5. The molecular formula is C27H32FN7O4. The first kappa shape index (κ1) is 26.3. The number of nitrogens with one attached hydrogen (secondary N) is 3. The van der Waals surface area contributed by atoms with Crippen molar-refractivity contribution in [1.82, 2.24) is 25.2 Å². The van der Waals surface area contributed by atoms with Crippen LogP contribution in [0.15, 0.2) is 30.5 Å². The van der Waals surface area contributed by atoms with E-state index in [1.807, 2.05) is 20.8 Å². The molecule has 2 amide bonds. The highest BCUT2D eigenvalue weighted by Gasteiger charge is 2.47. The van der Waals surface area contributed by atoms with E-state index in [2.05, 4.69) is 25.6 Å². The Kier molecular flexibility index (Phi) is 6.57. The number of carbonyl (C=O) groups is 2. The molecule has 2 aromatic heterocycles. The van der Waals surface area contributed by atoms with E-state index in [4.69, 9.17) is 15.2 Å². The molecule has 0 aliphatic carbocycles. The fourth-order valence-corrected chi connectivity index (χ4v) is 5.29. The SMILES string of the molecule is COc1c(F)cccc1Nc1c(-c2ccnc(N)n2)[nH]c2c1C(=O)NC[C@@]21CCCN(C(=O)OC(C)(C)C)C1. The van der Waals surface area contributed by atoms with Gasteiger partial charge >= 0.3 is 6.09 Å². The van der Waals surface area contributed by atoms with E-state index >= 15 is 0 Å². The molecule has 0 unspecified atom stereocenters. The first-order chi connectivity index (χ1) is 18.5. The fourth-order valence-electron chi connectivity index (χ4n) is 5.29. The predicted octanol–water partition coefficient (Wildman–Crippen LogP) is 3.96. The third-order valence-electron chi connectivity index (χ3n) is 6.93. The van der Waals surface area contributed by atoms with Crippen molar-refractivity contribution in [2.45, 2.75) is 44.6 Å². The summed E-state index contributed by atoms with van der Waals surface area (Å²) in [4.78, 5) is 39.9. The second-order valence-corrected chi connectivity index (χ2v) is 10.8. The number of anilines is 3. The molecule has 11 nitrogen and oxygen atoms in total. The summed E-state index contributed by atoms with van der Waals surface area (Å²) >= 11 is 0. The molecule has 0 bridgehead atoms. The number of halogens is 1. The van der Waals surface area contributed by atoms with Crippen molar-refractivity contribution in [3.05, 3.63) is 47.5 Å². The number of methoxy groups -OCH3 is 1. The van der Waals surface area contributed by atoms with Crippen LogP contribution in [0.2, 0.25) is 0 Å². The van der Waals surface area contributed by atoms with Crippen LogP contribution in [0.3, 0.4) is 0 Å². The molecule has 5 N–H and O–H groups in total. The first-order valence-corrected chi connectivity index (χ1v) is 12.7. The smallest absolute Gasteiger partial charge is 0.410 e. The van der Waals surface area contributed by atoms with Crippen LogP contribution < -0.4 is 21.1 Å². The standard InChI is InChI=1S/C27H32FN7O4/c1-26(2,3)39-25(37)35-12-6-10-27(14-35)13-31-23(36)18-20(32-17-8-5-7-15(28)21(17)38-4)19(34-22(18)27)16-9-11-30-24(29)33-16/h5,7-9,11,32,34H,6,10,12-14H2,1-4H3,(H,31,36)(H2,29,30,33)/t27-/m1/s1. The topological polar surface area (TPSA) is 147 Å². The van der Waals surface area contributed by atoms with E-state index in [1.54, 1.807) is 23.1 Å². The predicted molar refractivity (Wildman–Crippen MR) is 144 cm³/mol. The van der Waals surface area contributed by atoms with Gasteiger partial charge in [-0.15, -0.1) is 0 Å². The molecule has 1 spiro atoms. The normalized spacial score (nSPS) is 18.9. The molecule has 5 rings (SSSR count). The number of carbonyl (C=O) groups excluding carboxylic acids is 2. The second-order valence-electron chi connectivity index (χ2n) is 10.8. The van der Waals surface area contributed by atoms with Gasteiger partial charge in [0.05, 0.1) is 35.4 Å². The highest BCUT2D eigenvalue weighted by atomic mass is 19.1. The quantitative estimate of drug-likeness (QED) is 0.391. The lowest BCUT2D eigenvalue weighted by molar-refractivity contribution is 0.0128. The van der Waals surface area contributed by atoms with Crippen LogP contribution in [-0.4, -0.2) is 64.2 Å². The van der Waals surface area contributed by atoms with Gasteiger partial charge in [-0.05, 0) is 51.8 Å². The van der Waals surface area contributed by atoms with Crippen molar-refractivity contribution >= 4 is 29.3 Å². The number of aromatic amines is 1. The Hall–Kier alpha value is -4.35. The Bertz CT molecular complexity index is 1430. The number of para-hydroxylation sites is 1. The summed E-state index contributed by atoms with van der Waals surface area (Å²) in [7, 11) is 1.37. The number of aromatic nitrogens is 3. The van der Waals surface area contributed by atoms with E-state index in [-0.39, 0.29) is 17.6 Å². The zero-order chi connectivity index (χ0) is 27.9. The molecular weight excluding hydrogens is 505 g/mol. The Morgan fingerprint density at radius 2 is 2.08 bits per heavy atom. The highest BCUT2D eigenvalue weighted by Crippen LogP contribution is 2.45. The van der Waals surface area contributed by atoms with Gasteiger partial charge in [-0.2, -0.15) is 0 Å². The van der Waals surface area contributed by atoms with Gasteiger partial charge in [-0.1, -0.05) is 6.07 Å². The lowest BCUT2D eigenvalue weighted by Crippen LogP contribution is -2.57. The zero-order valence-electron chi connectivity index (χ0n) is 22.4. The van der Waals surface area contributed by atoms with Crippen LogP contribution in [-0.2, 0) is 10.2 Å². The number of hydrogen-bond acceptors (Lipinski definition) is 8. The van der Waals surface area contributed by atoms with Crippen LogP contribution in [0.4, 0.5) is 26.5 Å². The van der Waals surface area contributed by atoms with Crippen molar-refractivity contribution in [1.29, 1.82) is 0 Å². The summed E-state index contributed by atoms with van der Waals surface area (Å²) in [6, 6.07) is 6.15. The third kappa shape index (κ3) is 4.93. The third-order valence-corrected chi connectivity index (χ3v) is 6.93. The second kappa shape index (κ2) is 9.75. The minimum Gasteiger partial charge on any atom is -0.492 e. The molecule has 4 heterocycles. The van der Waals surface area contributed by atoms with Gasteiger partial charge in [0.15, 0.2) is 11.6 Å². The zero-order valence-corrected chi connectivity index (χ0v) is 22.4. The maximum Gasteiger partial charge on any atom is 0.410 e. The van der Waals surface area contributed by atoms with Gasteiger partial charge in [-0.3, -0.25) is 4.79 Å². The summed E-state index contributed by atoms with van der Waals surface area (Å²) in [6.07, 6.45) is 2.54. The Morgan fingerprint density at radius 3 is 2.79 bits per heavy atom. The van der Waals surface area contributed by atoms with Gasteiger partial charge in [0.1, 0.15) is 5.60 Å². The van der Waals surface area contributed by atoms with E-state index in [9.17, 15) is 14.0 Å². The number of piperidine rings is 1.